The van der Waals surface area contributed by atoms with Crippen molar-refractivity contribution < 1.29 is 14.7 Å². The highest BCUT2D eigenvalue weighted by Gasteiger charge is 2.50. The van der Waals surface area contributed by atoms with Gasteiger partial charge in [-0.15, -0.1) is 0 Å². The minimum Gasteiger partial charge on any atom is -0.375 e. The maximum Gasteiger partial charge on any atom is 0.264 e. The first kappa shape index (κ1) is 22.3. The van der Waals surface area contributed by atoms with Crippen LogP contribution < -0.4 is 4.90 Å². The molecule has 32 heavy (non-hydrogen) atoms. The molecule has 0 spiro atoms. The van der Waals surface area contributed by atoms with E-state index in [0.29, 0.717) is 21.8 Å². The van der Waals surface area contributed by atoms with Gasteiger partial charge in [-0.2, -0.15) is 0 Å². The average molecular weight is 448 g/mol. The van der Waals surface area contributed by atoms with Gasteiger partial charge in [0.15, 0.2) is 11.4 Å². The molecule has 0 saturated heterocycles. The SMILES string of the molecule is Cc1ccc(C(C)C)cc1C(=O)C[C@@]1(O)C(=O)N(Cc2ccc(Cl)cc2)c2ccccc21. The molecule has 1 N–H and O–H groups in total. The number of rotatable bonds is 6. The summed E-state index contributed by atoms with van der Waals surface area (Å²) in [4.78, 5) is 28.3. The molecule has 5 heteroatoms. The molecule has 0 aromatic heterocycles. The van der Waals surface area contributed by atoms with Crippen molar-refractivity contribution in [2.24, 2.45) is 0 Å². The molecule has 0 aliphatic carbocycles. The van der Waals surface area contributed by atoms with Gasteiger partial charge < -0.3 is 10.0 Å². The molecule has 4 nitrogen and oxygen atoms in total. The monoisotopic (exact) mass is 447 g/mol. The number of anilines is 1. The molecule has 3 aromatic rings. The highest BCUT2D eigenvalue weighted by molar-refractivity contribution is 6.30. The van der Waals surface area contributed by atoms with Crippen molar-refractivity contribution in [2.45, 2.75) is 45.3 Å². The van der Waals surface area contributed by atoms with Crippen molar-refractivity contribution in [3.8, 4) is 0 Å². The van der Waals surface area contributed by atoms with E-state index in [-0.39, 0.29) is 24.7 Å². The predicted octanol–water partition coefficient (Wildman–Crippen LogP) is 5.78. The first-order valence-electron chi connectivity index (χ1n) is 10.7. The van der Waals surface area contributed by atoms with Gasteiger partial charge in [-0.3, -0.25) is 9.59 Å². The fourth-order valence-corrected chi connectivity index (χ4v) is 4.36. The van der Waals surface area contributed by atoms with Crippen molar-refractivity contribution in [3.63, 3.8) is 0 Å². The van der Waals surface area contributed by atoms with Gasteiger partial charge in [-0.1, -0.05) is 67.9 Å². The highest BCUT2D eigenvalue weighted by Crippen LogP contribution is 2.43. The molecule has 0 unspecified atom stereocenters. The summed E-state index contributed by atoms with van der Waals surface area (Å²) in [5.74, 6) is -0.461. The van der Waals surface area contributed by atoms with Crippen LogP contribution in [-0.4, -0.2) is 16.8 Å². The number of amides is 1. The van der Waals surface area contributed by atoms with Crippen molar-refractivity contribution in [2.75, 3.05) is 4.90 Å². The summed E-state index contributed by atoms with van der Waals surface area (Å²) in [7, 11) is 0. The van der Waals surface area contributed by atoms with Crippen LogP contribution in [0.4, 0.5) is 5.69 Å². The molecule has 3 aromatic carbocycles. The van der Waals surface area contributed by atoms with E-state index in [4.69, 9.17) is 11.6 Å². The zero-order chi connectivity index (χ0) is 23.0. The maximum absolute atomic E-state index is 13.5. The molecule has 1 heterocycles. The number of hydrogen-bond acceptors (Lipinski definition) is 3. The Hall–Kier alpha value is -2.95. The van der Waals surface area contributed by atoms with E-state index < -0.39 is 11.5 Å². The number of nitrogens with zero attached hydrogens (tertiary/aromatic N) is 1. The summed E-state index contributed by atoms with van der Waals surface area (Å²) in [5, 5.41) is 12.2. The minimum absolute atomic E-state index is 0.246. The lowest BCUT2D eigenvalue weighted by molar-refractivity contribution is -0.136. The lowest BCUT2D eigenvalue weighted by Gasteiger charge is -2.23. The van der Waals surface area contributed by atoms with Crippen LogP contribution in [0.5, 0.6) is 0 Å². The van der Waals surface area contributed by atoms with E-state index in [9.17, 15) is 14.7 Å². The average Bonchev–Trinajstić information content (AvgIpc) is 2.97. The zero-order valence-electron chi connectivity index (χ0n) is 18.4. The number of ketones is 1. The van der Waals surface area contributed by atoms with Crippen molar-refractivity contribution in [1.82, 2.24) is 0 Å². The summed E-state index contributed by atoms with van der Waals surface area (Å²) in [5.41, 5.74) is 2.49. The van der Waals surface area contributed by atoms with Crippen LogP contribution in [0.25, 0.3) is 0 Å². The standard InChI is InChI=1S/C27H26ClNO3/c1-17(2)20-11-8-18(3)22(14-20)25(30)15-27(32)23-6-4-5-7-24(23)29(26(27)31)16-19-9-12-21(28)13-10-19/h4-14,17,32H,15-16H2,1-3H3/t27-/m0/s1. The van der Waals surface area contributed by atoms with Gasteiger partial charge in [-0.25, -0.2) is 0 Å². The third kappa shape index (κ3) is 3.96. The van der Waals surface area contributed by atoms with Crippen LogP contribution in [0.1, 0.15) is 58.8 Å². The second-order valence-electron chi connectivity index (χ2n) is 8.72. The van der Waals surface area contributed by atoms with Gasteiger partial charge in [0.25, 0.3) is 5.91 Å². The van der Waals surface area contributed by atoms with Gasteiger partial charge >= 0.3 is 0 Å². The predicted molar refractivity (Wildman–Crippen MR) is 127 cm³/mol. The molecule has 1 aliphatic rings. The second-order valence-corrected chi connectivity index (χ2v) is 9.16. The van der Waals surface area contributed by atoms with Crippen molar-refractivity contribution in [3.05, 3.63) is 99.6 Å². The Morgan fingerprint density at radius 1 is 1.06 bits per heavy atom. The minimum atomic E-state index is -1.90. The molecule has 4 rings (SSSR count). The maximum atomic E-state index is 13.5. The van der Waals surface area contributed by atoms with Gasteiger partial charge in [0.1, 0.15) is 0 Å². The van der Waals surface area contributed by atoms with Crippen LogP contribution in [-0.2, 0) is 16.9 Å². The van der Waals surface area contributed by atoms with E-state index in [1.807, 2.05) is 43.3 Å². The Bertz CT molecular complexity index is 1190. The van der Waals surface area contributed by atoms with Crippen LogP contribution in [0.3, 0.4) is 0 Å². The number of carbonyl (C=O) groups is 2. The van der Waals surface area contributed by atoms with E-state index in [0.717, 1.165) is 16.7 Å². The quantitative estimate of drug-likeness (QED) is 0.487. The number of aliphatic hydroxyl groups is 1. The largest absolute Gasteiger partial charge is 0.375 e. The third-order valence-electron chi connectivity index (χ3n) is 6.14. The fourth-order valence-electron chi connectivity index (χ4n) is 4.23. The number of para-hydroxylation sites is 1. The molecule has 164 valence electrons. The summed E-state index contributed by atoms with van der Waals surface area (Å²) in [6.45, 7) is 6.29. The number of fused-ring (bicyclic) bond motifs is 1. The molecule has 0 radical (unpaired) electrons. The van der Waals surface area contributed by atoms with Crippen LogP contribution in [0, 0.1) is 6.92 Å². The molecular weight excluding hydrogens is 422 g/mol. The van der Waals surface area contributed by atoms with E-state index in [2.05, 4.69) is 13.8 Å². The number of benzene rings is 3. The second kappa shape index (κ2) is 8.53. The van der Waals surface area contributed by atoms with Gasteiger partial charge in [0.2, 0.25) is 0 Å². The lowest BCUT2D eigenvalue weighted by Crippen LogP contribution is -2.41. The Morgan fingerprint density at radius 2 is 1.75 bits per heavy atom. The van der Waals surface area contributed by atoms with E-state index >= 15 is 0 Å². The number of Topliss-reactive ketones (excluding diaryl/α,β-unsaturated/α-hetero) is 1. The first-order chi connectivity index (χ1) is 15.2. The van der Waals surface area contributed by atoms with Crippen molar-refractivity contribution in [1.29, 1.82) is 0 Å². The number of carbonyl (C=O) groups excluding carboxylic acids is 2. The van der Waals surface area contributed by atoms with Gasteiger partial charge in [0, 0.05) is 16.1 Å². The number of hydrogen-bond donors (Lipinski definition) is 1. The first-order valence-corrected chi connectivity index (χ1v) is 11.1. The summed E-state index contributed by atoms with van der Waals surface area (Å²) in [6.07, 6.45) is -0.303. The smallest absolute Gasteiger partial charge is 0.264 e. The van der Waals surface area contributed by atoms with Crippen LogP contribution >= 0.6 is 11.6 Å². The fraction of sp³-hybridized carbons (Fsp3) is 0.259. The van der Waals surface area contributed by atoms with E-state index in [1.165, 1.54) is 0 Å². The zero-order valence-corrected chi connectivity index (χ0v) is 19.2. The molecule has 1 atom stereocenters. The highest BCUT2D eigenvalue weighted by atomic mass is 35.5. The summed E-state index contributed by atoms with van der Waals surface area (Å²) >= 11 is 5.98. The Morgan fingerprint density at radius 3 is 2.44 bits per heavy atom. The molecule has 1 amide bonds. The Kier molecular flexibility index (Phi) is 5.93. The molecule has 0 fully saturated rings. The summed E-state index contributed by atoms with van der Waals surface area (Å²) in [6, 6.07) is 20.2. The number of aryl methyl sites for hydroxylation is 1. The Balaban J connectivity index is 1.68. The molecule has 0 saturated carbocycles. The van der Waals surface area contributed by atoms with Crippen LogP contribution in [0.15, 0.2) is 66.7 Å². The van der Waals surface area contributed by atoms with Crippen LogP contribution in [0.2, 0.25) is 5.02 Å². The topological polar surface area (TPSA) is 57.6 Å². The van der Waals surface area contributed by atoms with Gasteiger partial charge in [0.05, 0.1) is 18.7 Å². The number of halogens is 1. The third-order valence-corrected chi connectivity index (χ3v) is 6.39. The van der Waals surface area contributed by atoms with E-state index in [1.54, 1.807) is 35.2 Å². The van der Waals surface area contributed by atoms with Crippen molar-refractivity contribution >= 4 is 29.0 Å². The molecular formula is C27H26ClNO3. The normalized spacial score (nSPS) is 17.7. The molecule has 0 bridgehead atoms. The lowest BCUT2D eigenvalue weighted by atomic mass is 9.86. The van der Waals surface area contributed by atoms with Gasteiger partial charge in [-0.05, 0) is 53.8 Å². The summed E-state index contributed by atoms with van der Waals surface area (Å²) < 4.78 is 0. The molecule has 1 aliphatic heterocycles. The Labute approximate surface area is 193 Å².